The molecular weight excluding hydrogens is 240 g/mol. The van der Waals surface area contributed by atoms with Gasteiger partial charge in [0.15, 0.2) is 11.5 Å². The van der Waals surface area contributed by atoms with Crippen molar-refractivity contribution in [2.45, 2.75) is 33.6 Å². The zero-order valence-electron chi connectivity index (χ0n) is 12.2. The molecule has 0 atom stereocenters. The van der Waals surface area contributed by atoms with E-state index in [1.807, 2.05) is 39.0 Å². The molecule has 1 aromatic carbocycles. The van der Waals surface area contributed by atoms with E-state index in [4.69, 9.17) is 14.2 Å². The van der Waals surface area contributed by atoms with Gasteiger partial charge in [-0.25, -0.2) is 0 Å². The van der Waals surface area contributed by atoms with Crippen LogP contribution in [0.25, 0.3) is 0 Å². The lowest BCUT2D eigenvalue weighted by atomic mass is 10.1. The third kappa shape index (κ3) is 4.19. The largest absolute Gasteiger partial charge is 0.490 e. The molecule has 3 heteroatoms. The van der Waals surface area contributed by atoms with E-state index in [1.54, 1.807) is 0 Å². The summed E-state index contributed by atoms with van der Waals surface area (Å²) in [6.07, 6.45) is 3.72. The number of hydrogen-bond donors (Lipinski definition) is 0. The minimum atomic E-state index is 0.588. The SMILES string of the molecule is C=CCCc1ccc(OCC)c(OCC)c1OCC. The molecule has 0 unspecified atom stereocenters. The van der Waals surface area contributed by atoms with Gasteiger partial charge in [-0.2, -0.15) is 0 Å². The molecule has 0 bridgehead atoms. The van der Waals surface area contributed by atoms with Gasteiger partial charge in [-0.15, -0.1) is 6.58 Å². The maximum absolute atomic E-state index is 5.77. The van der Waals surface area contributed by atoms with Crippen LogP contribution < -0.4 is 14.2 Å². The zero-order valence-corrected chi connectivity index (χ0v) is 12.2. The van der Waals surface area contributed by atoms with E-state index in [0.717, 1.165) is 29.9 Å². The number of rotatable bonds is 9. The van der Waals surface area contributed by atoms with E-state index in [9.17, 15) is 0 Å². The van der Waals surface area contributed by atoms with Gasteiger partial charge in [0.1, 0.15) is 0 Å². The van der Waals surface area contributed by atoms with Gasteiger partial charge in [0.2, 0.25) is 5.75 Å². The second kappa shape index (κ2) is 8.46. The van der Waals surface area contributed by atoms with Crippen LogP contribution in [-0.2, 0) is 6.42 Å². The number of allylic oxidation sites excluding steroid dienone is 1. The summed E-state index contributed by atoms with van der Waals surface area (Å²) in [7, 11) is 0. The van der Waals surface area contributed by atoms with Crippen LogP contribution in [0.3, 0.4) is 0 Å². The monoisotopic (exact) mass is 264 g/mol. The number of hydrogen-bond acceptors (Lipinski definition) is 3. The Balaban J connectivity index is 3.17. The average molecular weight is 264 g/mol. The first-order valence-corrected chi connectivity index (χ1v) is 6.93. The highest BCUT2D eigenvalue weighted by Crippen LogP contribution is 2.41. The Hall–Kier alpha value is -1.64. The Morgan fingerprint density at radius 2 is 1.58 bits per heavy atom. The molecule has 1 aromatic rings. The van der Waals surface area contributed by atoms with Crippen molar-refractivity contribution in [3.8, 4) is 17.2 Å². The van der Waals surface area contributed by atoms with Gasteiger partial charge in [0.25, 0.3) is 0 Å². The topological polar surface area (TPSA) is 27.7 Å². The van der Waals surface area contributed by atoms with Gasteiger partial charge >= 0.3 is 0 Å². The van der Waals surface area contributed by atoms with Crippen molar-refractivity contribution in [3.63, 3.8) is 0 Å². The van der Waals surface area contributed by atoms with Crippen molar-refractivity contribution < 1.29 is 14.2 Å². The summed E-state index contributed by atoms with van der Waals surface area (Å²) in [4.78, 5) is 0. The molecule has 0 aliphatic rings. The fourth-order valence-corrected chi connectivity index (χ4v) is 1.89. The lowest BCUT2D eigenvalue weighted by Crippen LogP contribution is -2.05. The van der Waals surface area contributed by atoms with Crippen molar-refractivity contribution >= 4 is 0 Å². The van der Waals surface area contributed by atoms with Crippen LogP contribution in [-0.4, -0.2) is 19.8 Å². The lowest BCUT2D eigenvalue weighted by Gasteiger charge is -2.18. The molecule has 0 saturated heterocycles. The first-order chi connectivity index (χ1) is 9.28. The van der Waals surface area contributed by atoms with Crippen LogP contribution in [0.4, 0.5) is 0 Å². The quantitative estimate of drug-likeness (QED) is 0.631. The Morgan fingerprint density at radius 3 is 2.16 bits per heavy atom. The van der Waals surface area contributed by atoms with Gasteiger partial charge in [-0.1, -0.05) is 12.1 Å². The molecule has 0 saturated carbocycles. The van der Waals surface area contributed by atoms with Gasteiger partial charge < -0.3 is 14.2 Å². The molecule has 0 heterocycles. The first-order valence-electron chi connectivity index (χ1n) is 6.93. The Morgan fingerprint density at radius 1 is 0.947 bits per heavy atom. The molecule has 1 rings (SSSR count). The predicted octanol–water partition coefficient (Wildman–Crippen LogP) is 4.00. The summed E-state index contributed by atoms with van der Waals surface area (Å²) in [5, 5.41) is 0. The summed E-state index contributed by atoms with van der Waals surface area (Å²) < 4.78 is 17.1. The minimum Gasteiger partial charge on any atom is -0.490 e. The van der Waals surface area contributed by atoms with Crippen molar-refractivity contribution in [2.75, 3.05) is 19.8 Å². The Labute approximate surface area is 116 Å². The standard InChI is InChI=1S/C16H24O3/c1-5-9-10-13-11-12-14(17-6-2)16(19-8-4)15(13)18-7-3/h5,11-12H,1,6-10H2,2-4H3. The molecule has 0 aliphatic carbocycles. The first kappa shape index (κ1) is 15.4. The maximum atomic E-state index is 5.77. The molecule has 0 aromatic heterocycles. The molecule has 0 amide bonds. The van der Waals surface area contributed by atoms with Crippen LogP contribution >= 0.6 is 0 Å². The van der Waals surface area contributed by atoms with Crippen molar-refractivity contribution in [2.24, 2.45) is 0 Å². The molecule has 0 aliphatic heterocycles. The lowest BCUT2D eigenvalue weighted by molar-refractivity contribution is 0.259. The smallest absolute Gasteiger partial charge is 0.203 e. The fourth-order valence-electron chi connectivity index (χ4n) is 1.89. The molecule has 19 heavy (non-hydrogen) atoms. The third-order valence-electron chi connectivity index (χ3n) is 2.65. The molecule has 0 fully saturated rings. The molecule has 0 N–H and O–H groups in total. The summed E-state index contributed by atoms with van der Waals surface area (Å²) in [6, 6.07) is 4.00. The zero-order chi connectivity index (χ0) is 14.1. The second-order valence-electron chi connectivity index (χ2n) is 4.01. The van der Waals surface area contributed by atoms with Crippen LogP contribution in [0.2, 0.25) is 0 Å². The predicted molar refractivity (Wildman–Crippen MR) is 78.5 cm³/mol. The van der Waals surface area contributed by atoms with Crippen LogP contribution in [0.15, 0.2) is 24.8 Å². The highest BCUT2D eigenvalue weighted by atomic mass is 16.5. The van der Waals surface area contributed by atoms with E-state index >= 15 is 0 Å². The number of aryl methyl sites for hydroxylation is 1. The fraction of sp³-hybridized carbons (Fsp3) is 0.500. The van der Waals surface area contributed by atoms with Gasteiger partial charge in [-0.05, 0) is 45.2 Å². The number of ether oxygens (including phenoxy) is 3. The normalized spacial score (nSPS) is 10.1. The summed E-state index contributed by atoms with van der Waals surface area (Å²) >= 11 is 0. The van der Waals surface area contributed by atoms with Crippen molar-refractivity contribution in [1.29, 1.82) is 0 Å². The van der Waals surface area contributed by atoms with E-state index in [1.165, 1.54) is 0 Å². The van der Waals surface area contributed by atoms with Crippen LogP contribution in [0, 0.1) is 0 Å². The van der Waals surface area contributed by atoms with E-state index in [2.05, 4.69) is 6.58 Å². The molecule has 0 radical (unpaired) electrons. The summed E-state index contributed by atoms with van der Waals surface area (Å²) in [5.41, 5.74) is 1.13. The average Bonchev–Trinajstić information content (AvgIpc) is 2.42. The third-order valence-corrected chi connectivity index (χ3v) is 2.65. The highest BCUT2D eigenvalue weighted by molar-refractivity contribution is 5.56. The summed E-state index contributed by atoms with van der Waals surface area (Å²) in [5.74, 6) is 2.26. The van der Waals surface area contributed by atoms with Crippen LogP contribution in [0.1, 0.15) is 32.8 Å². The molecule has 0 spiro atoms. The minimum absolute atomic E-state index is 0.588. The molecule has 3 nitrogen and oxygen atoms in total. The maximum Gasteiger partial charge on any atom is 0.203 e. The van der Waals surface area contributed by atoms with E-state index < -0.39 is 0 Å². The Bertz CT molecular complexity index is 399. The second-order valence-corrected chi connectivity index (χ2v) is 4.01. The van der Waals surface area contributed by atoms with E-state index in [0.29, 0.717) is 25.6 Å². The Kier molecular flexibility index (Phi) is 6.86. The van der Waals surface area contributed by atoms with Gasteiger partial charge in [0, 0.05) is 0 Å². The van der Waals surface area contributed by atoms with Crippen molar-refractivity contribution in [1.82, 2.24) is 0 Å². The highest BCUT2D eigenvalue weighted by Gasteiger charge is 2.16. The van der Waals surface area contributed by atoms with Crippen LogP contribution in [0.5, 0.6) is 17.2 Å². The van der Waals surface area contributed by atoms with Gasteiger partial charge in [-0.3, -0.25) is 0 Å². The summed E-state index contributed by atoms with van der Waals surface area (Å²) in [6.45, 7) is 11.5. The number of benzene rings is 1. The van der Waals surface area contributed by atoms with Gasteiger partial charge in [0.05, 0.1) is 19.8 Å². The molecule has 106 valence electrons. The molecular formula is C16H24O3. The van der Waals surface area contributed by atoms with Crippen molar-refractivity contribution in [3.05, 3.63) is 30.4 Å². The van der Waals surface area contributed by atoms with E-state index in [-0.39, 0.29) is 0 Å².